The Balaban J connectivity index is 1.96. The maximum atomic E-state index is 12.4. The van der Waals surface area contributed by atoms with Crippen molar-refractivity contribution in [3.05, 3.63) is 35.6 Å². The van der Waals surface area contributed by atoms with Crippen LogP contribution in [0.3, 0.4) is 0 Å². The van der Waals surface area contributed by atoms with E-state index < -0.39 is 0 Å². The second-order valence-electron chi connectivity index (χ2n) is 4.35. The summed E-state index contributed by atoms with van der Waals surface area (Å²) in [6.07, 6.45) is 3.73. The summed E-state index contributed by atoms with van der Waals surface area (Å²) in [6, 6.07) is 5.56. The number of carbonyl (C=O) groups excluding carboxylic acids is 1. The Morgan fingerprint density at radius 3 is 3.00 bits per heavy atom. The van der Waals surface area contributed by atoms with Crippen LogP contribution < -0.4 is 10.1 Å². The van der Waals surface area contributed by atoms with Gasteiger partial charge in [-0.25, -0.2) is 0 Å². The van der Waals surface area contributed by atoms with Gasteiger partial charge in [-0.05, 0) is 31.1 Å². The van der Waals surface area contributed by atoms with E-state index in [1.807, 2.05) is 18.2 Å². The normalized spacial score (nSPS) is 17.7. The van der Waals surface area contributed by atoms with Gasteiger partial charge in [0.25, 0.3) is 0 Å². The molecule has 0 amide bonds. The first kappa shape index (κ1) is 11.1. The van der Waals surface area contributed by atoms with Gasteiger partial charge in [0.05, 0.1) is 17.9 Å². The van der Waals surface area contributed by atoms with E-state index in [9.17, 15) is 4.79 Å². The standard InChI is InChI=1S/C14H15NO3/c16-13(12-6-1-2-8-17-12)10-4-3-5-11-14(10)18-9-7-15-11/h3-6,15H,1-2,7-9H2. The van der Waals surface area contributed by atoms with Gasteiger partial charge in [0.15, 0.2) is 11.5 Å². The van der Waals surface area contributed by atoms with Crippen molar-refractivity contribution >= 4 is 11.5 Å². The van der Waals surface area contributed by atoms with Crippen LogP contribution in [0.5, 0.6) is 5.75 Å². The zero-order valence-electron chi connectivity index (χ0n) is 10.1. The lowest BCUT2D eigenvalue weighted by molar-refractivity contribution is 0.0895. The maximum Gasteiger partial charge on any atom is 0.231 e. The number of allylic oxidation sites excluding steroid dienone is 2. The second kappa shape index (κ2) is 4.72. The number of rotatable bonds is 2. The van der Waals surface area contributed by atoms with E-state index in [2.05, 4.69) is 5.32 Å². The zero-order chi connectivity index (χ0) is 12.4. The highest BCUT2D eigenvalue weighted by Gasteiger charge is 2.23. The molecule has 0 radical (unpaired) electrons. The highest BCUT2D eigenvalue weighted by molar-refractivity contribution is 6.10. The molecule has 0 unspecified atom stereocenters. The van der Waals surface area contributed by atoms with Gasteiger partial charge in [0, 0.05) is 6.54 Å². The molecule has 94 valence electrons. The van der Waals surface area contributed by atoms with Gasteiger partial charge in [0.2, 0.25) is 5.78 Å². The third-order valence-electron chi connectivity index (χ3n) is 3.08. The number of hydrogen-bond acceptors (Lipinski definition) is 4. The van der Waals surface area contributed by atoms with Crippen molar-refractivity contribution in [2.45, 2.75) is 12.8 Å². The van der Waals surface area contributed by atoms with E-state index >= 15 is 0 Å². The van der Waals surface area contributed by atoms with Gasteiger partial charge < -0.3 is 14.8 Å². The van der Waals surface area contributed by atoms with Crippen LogP contribution in [0.25, 0.3) is 0 Å². The topological polar surface area (TPSA) is 47.6 Å². The van der Waals surface area contributed by atoms with E-state index in [1.54, 1.807) is 6.07 Å². The lowest BCUT2D eigenvalue weighted by Crippen LogP contribution is -2.21. The molecule has 0 fully saturated rings. The number of fused-ring (bicyclic) bond motifs is 1. The van der Waals surface area contributed by atoms with Crippen LogP contribution in [0.2, 0.25) is 0 Å². The summed E-state index contributed by atoms with van der Waals surface area (Å²) in [5, 5.41) is 3.22. The molecule has 2 aliphatic rings. The molecule has 4 nitrogen and oxygen atoms in total. The molecule has 0 atom stereocenters. The molecule has 0 saturated heterocycles. The van der Waals surface area contributed by atoms with Crippen molar-refractivity contribution in [3.8, 4) is 5.75 Å². The monoisotopic (exact) mass is 245 g/mol. The summed E-state index contributed by atoms with van der Waals surface area (Å²) in [7, 11) is 0. The molecular formula is C14H15NO3. The van der Waals surface area contributed by atoms with E-state index in [0.717, 1.165) is 25.1 Å². The first-order chi connectivity index (χ1) is 8.86. The van der Waals surface area contributed by atoms with Crippen LogP contribution in [0.15, 0.2) is 30.0 Å². The SMILES string of the molecule is O=C(C1=CCCCO1)c1cccc2c1OCCN2. The fraction of sp³-hybridized carbons (Fsp3) is 0.357. The number of carbonyl (C=O) groups is 1. The summed E-state index contributed by atoms with van der Waals surface area (Å²) < 4.78 is 11.0. The minimum Gasteiger partial charge on any atom is -0.490 e. The Morgan fingerprint density at radius 2 is 2.17 bits per heavy atom. The van der Waals surface area contributed by atoms with Crippen LogP contribution in [0, 0.1) is 0 Å². The molecule has 2 aliphatic heterocycles. The van der Waals surface area contributed by atoms with Gasteiger partial charge in [-0.1, -0.05) is 6.07 Å². The molecule has 0 spiro atoms. The van der Waals surface area contributed by atoms with E-state index in [0.29, 0.717) is 30.3 Å². The minimum absolute atomic E-state index is 0.0877. The van der Waals surface area contributed by atoms with Crippen molar-refractivity contribution in [3.63, 3.8) is 0 Å². The number of nitrogens with one attached hydrogen (secondary N) is 1. The fourth-order valence-corrected chi connectivity index (χ4v) is 2.20. The highest BCUT2D eigenvalue weighted by Crippen LogP contribution is 2.33. The van der Waals surface area contributed by atoms with E-state index in [4.69, 9.17) is 9.47 Å². The Bertz CT molecular complexity index is 508. The minimum atomic E-state index is -0.0877. The van der Waals surface area contributed by atoms with Crippen LogP contribution in [0.4, 0.5) is 5.69 Å². The molecule has 2 heterocycles. The van der Waals surface area contributed by atoms with Gasteiger partial charge in [0.1, 0.15) is 6.61 Å². The fourth-order valence-electron chi connectivity index (χ4n) is 2.20. The van der Waals surface area contributed by atoms with Crippen LogP contribution in [-0.2, 0) is 4.74 Å². The Hall–Kier alpha value is -1.97. The second-order valence-corrected chi connectivity index (χ2v) is 4.35. The number of ether oxygens (including phenoxy) is 2. The van der Waals surface area contributed by atoms with E-state index in [1.165, 1.54) is 0 Å². The highest BCUT2D eigenvalue weighted by atomic mass is 16.5. The van der Waals surface area contributed by atoms with Gasteiger partial charge >= 0.3 is 0 Å². The van der Waals surface area contributed by atoms with Crippen molar-refractivity contribution < 1.29 is 14.3 Å². The predicted octanol–water partition coefficient (Wildman–Crippen LogP) is 2.37. The van der Waals surface area contributed by atoms with Crippen LogP contribution in [-0.4, -0.2) is 25.5 Å². The molecular weight excluding hydrogens is 230 g/mol. The van der Waals surface area contributed by atoms with Gasteiger partial charge in [-0.2, -0.15) is 0 Å². The summed E-state index contributed by atoms with van der Waals surface area (Å²) in [4.78, 5) is 12.4. The van der Waals surface area contributed by atoms with Crippen LogP contribution in [0.1, 0.15) is 23.2 Å². The Labute approximate surface area is 106 Å². The molecule has 0 aliphatic carbocycles. The molecule has 3 rings (SSSR count). The Morgan fingerprint density at radius 1 is 1.22 bits per heavy atom. The van der Waals surface area contributed by atoms with Crippen molar-refractivity contribution in [1.29, 1.82) is 0 Å². The van der Waals surface area contributed by atoms with Crippen molar-refractivity contribution in [1.82, 2.24) is 0 Å². The lowest BCUT2D eigenvalue weighted by atomic mass is 10.0. The number of benzene rings is 1. The average molecular weight is 245 g/mol. The number of hydrogen-bond donors (Lipinski definition) is 1. The summed E-state index contributed by atoms with van der Waals surface area (Å²) >= 11 is 0. The molecule has 0 bridgehead atoms. The zero-order valence-corrected chi connectivity index (χ0v) is 10.1. The molecule has 0 aromatic heterocycles. The molecule has 4 heteroatoms. The molecule has 1 N–H and O–H groups in total. The summed E-state index contributed by atoms with van der Waals surface area (Å²) in [5.41, 5.74) is 1.45. The van der Waals surface area contributed by atoms with Crippen molar-refractivity contribution in [2.75, 3.05) is 25.1 Å². The van der Waals surface area contributed by atoms with E-state index in [-0.39, 0.29) is 5.78 Å². The Kier molecular flexibility index (Phi) is 2.92. The average Bonchev–Trinajstić information content (AvgIpc) is 2.47. The van der Waals surface area contributed by atoms with Crippen LogP contribution >= 0.6 is 0 Å². The number of para-hydroxylation sites is 1. The maximum absolute atomic E-state index is 12.4. The van der Waals surface area contributed by atoms with Crippen molar-refractivity contribution in [2.24, 2.45) is 0 Å². The number of anilines is 1. The molecule has 0 saturated carbocycles. The number of ketones is 1. The molecule has 18 heavy (non-hydrogen) atoms. The number of Topliss-reactive ketones (excluding diaryl/α,β-unsaturated/α-hetero) is 1. The third-order valence-corrected chi connectivity index (χ3v) is 3.08. The summed E-state index contributed by atoms with van der Waals surface area (Å²) in [5.74, 6) is 1.00. The first-order valence-electron chi connectivity index (χ1n) is 6.23. The smallest absolute Gasteiger partial charge is 0.231 e. The predicted molar refractivity (Wildman–Crippen MR) is 68.0 cm³/mol. The molecule has 1 aromatic rings. The summed E-state index contributed by atoms with van der Waals surface area (Å²) in [6.45, 7) is 1.97. The first-order valence-corrected chi connectivity index (χ1v) is 6.23. The third kappa shape index (κ3) is 1.94. The van der Waals surface area contributed by atoms with Gasteiger partial charge in [-0.3, -0.25) is 4.79 Å². The lowest BCUT2D eigenvalue weighted by Gasteiger charge is -2.22. The largest absolute Gasteiger partial charge is 0.490 e. The quantitative estimate of drug-likeness (QED) is 0.813. The molecule has 1 aromatic carbocycles. The van der Waals surface area contributed by atoms with Gasteiger partial charge in [-0.15, -0.1) is 0 Å².